The minimum atomic E-state index is -1.16. The van der Waals surface area contributed by atoms with Crippen molar-refractivity contribution in [1.82, 2.24) is 14.5 Å². The Morgan fingerprint density at radius 3 is 2.50 bits per heavy atom. The molecular formula is C33H39N5O4. The molecule has 2 amide bonds. The second-order valence-electron chi connectivity index (χ2n) is 11.6. The number of fused-ring (bicyclic) bond motifs is 2. The molecule has 0 saturated carbocycles. The van der Waals surface area contributed by atoms with Gasteiger partial charge in [0.15, 0.2) is 0 Å². The number of rotatable bonds is 8. The minimum Gasteiger partial charge on any atom is -0.461 e. The first-order chi connectivity index (χ1) is 19.9. The van der Waals surface area contributed by atoms with Gasteiger partial charge in [-0.2, -0.15) is 0 Å². The maximum absolute atomic E-state index is 13.4. The third kappa shape index (κ3) is 5.13. The summed E-state index contributed by atoms with van der Waals surface area (Å²) in [4.78, 5) is 50.0. The van der Waals surface area contributed by atoms with Crippen molar-refractivity contribution in [2.24, 2.45) is 5.41 Å². The molecule has 0 spiro atoms. The zero-order chi connectivity index (χ0) is 30.3. The molecule has 1 aromatic carbocycles. The lowest BCUT2D eigenvalue weighted by Crippen LogP contribution is -2.47. The van der Waals surface area contributed by atoms with Gasteiger partial charge in [0.2, 0.25) is 11.8 Å². The van der Waals surface area contributed by atoms with Crippen LogP contribution in [0.2, 0.25) is 0 Å². The molecule has 9 heteroatoms. The first kappa shape index (κ1) is 29.3. The number of amides is 2. The number of hydrogen-bond donors (Lipinski definition) is 0. The van der Waals surface area contributed by atoms with E-state index in [1.807, 2.05) is 51.1 Å². The Labute approximate surface area is 246 Å². The highest BCUT2D eigenvalue weighted by Gasteiger charge is 2.45. The number of furan rings is 1. The largest absolute Gasteiger partial charge is 0.461 e. The Bertz CT molecular complexity index is 1720. The first-order valence-corrected chi connectivity index (χ1v) is 14.4. The molecule has 1 unspecified atom stereocenters. The molecule has 0 bridgehead atoms. The molecule has 4 heterocycles. The Morgan fingerprint density at radius 2 is 1.79 bits per heavy atom. The van der Waals surface area contributed by atoms with Gasteiger partial charge in [-0.25, -0.2) is 0 Å². The zero-order valence-electron chi connectivity index (χ0n) is 25.5. The highest BCUT2D eigenvalue weighted by atomic mass is 16.3. The summed E-state index contributed by atoms with van der Waals surface area (Å²) < 4.78 is 7.37. The fourth-order valence-corrected chi connectivity index (χ4v) is 5.94. The van der Waals surface area contributed by atoms with Gasteiger partial charge in [-0.15, -0.1) is 0 Å². The van der Waals surface area contributed by atoms with E-state index in [-0.39, 0.29) is 23.4 Å². The van der Waals surface area contributed by atoms with Crippen molar-refractivity contribution in [2.45, 2.75) is 60.7 Å². The van der Waals surface area contributed by atoms with E-state index in [9.17, 15) is 14.4 Å². The van der Waals surface area contributed by atoms with Gasteiger partial charge < -0.3 is 18.8 Å². The molecule has 0 fully saturated rings. The molecule has 0 saturated heterocycles. The van der Waals surface area contributed by atoms with Crippen molar-refractivity contribution < 1.29 is 14.0 Å². The normalized spacial score (nSPS) is 15.8. The quantitative estimate of drug-likeness (QED) is 0.270. The molecule has 1 aliphatic rings. The summed E-state index contributed by atoms with van der Waals surface area (Å²) in [6, 6.07) is 13.6. The van der Waals surface area contributed by atoms with Crippen molar-refractivity contribution in [3.05, 3.63) is 87.8 Å². The van der Waals surface area contributed by atoms with Crippen LogP contribution >= 0.6 is 0 Å². The van der Waals surface area contributed by atoms with Crippen LogP contribution in [0.25, 0.3) is 11.0 Å². The van der Waals surface area contributed by atoms with Crippen molar-refractivity contribution in [3.63, 3.8) is 0 Å². The maximum Gasteiger partial charge on any atom is 0.261 e. The van der Waals surface area contributed by atoms with E-state index in [0.29, 0.717) is 48.6 Å². The summed E-state index contributed by atoms with van der Waals surface area (Å²) in [6.45, 7) is 13.4. The molecule has 0 aliphatic carbocycles. The van der Waals surface area contributed by atoms with Crippen LogP contribution < -0.4 is 15.4 Å². The average molecular weight is 570 g/mol. The first-order valence-electron chi connectivity index (χ1n) is 14.4. The Hall–Kier alpha value is -4.24. The summed E-state index contributed by atoms with van der Waals surface area (Å²) >= 11 is 0. The predicted octanol–water partition coefficient (Wildman–Crippen LogP) is 5.23. The minimum absolute atomic E-state index is 0.000117. The number of hydrogen-bond acceptors (Lipinski definition) is 6. The summed E-state index contributed by atoms with van der Waals surface area (Å²) in [6.07, 6.45) is 3.58. The van der Waals surface area contributed by atoms with E-state index in [0.717, 1.165) is 22.5 Å². The summed E-state index contributed by atoms with van der Waals surface area (Å²) in [5.74, 6) is 0.272. The third-order valence-electron chi connectivity index (χ3n) is 8.47. The van der Waals surface area contributed by atoms with Crippen molar-refractivity contribution in [1.29, 1.82) is 0 Å². The second-order valence-corrected chi connectivity index (χ2v) is 11.6. The maximum atomic E-state index is 13.4. The lowest BCUT2D eigenvalue weighted by molar-refractivity contribution is -0.137. The van der Waals surface area contributed by atoms with E-state index in [1.54, 1.807) is 53.7 Å². The number of nitrogens with zero attached hydrogens (tertiary/aromatic N) is 5. The van der Waals surface area contributed by atoms with Crippen LogP contribution in [0.3, 0.4) is 0 Å². The van der Waals surface area contributed by atoms with Crippen molar-refractivity contribution >= 4 is 34.2 Å². The van der Waals surface area contributed by atoms with E-state index in [1.165, 1.54) is 0 Å². The highest BCUT2D eigenvalue weighted by Crippen LogP contribution is 2.39. The summed E-state index contributed by atoms with van der Waals surface area (Å²) in [5.41, 5.74) is 3.85. The SMILES string of the molecule is CCN1C(=O)C(C)(C)C(=O)N(C)c2cc(CN(CCn3ccc4oc(C)cc4c3=O)C(C)c3cccnc3C)ccc21. The van der Waals surface area contributed by atoms with Gasteiger partial charge in [0.1, 0.15) is 16.8 Å². The van der Waals surface area contributed by atoms with Gasteiger partial charge in [0.25, 0.3) is 5.56 Å². The van der Waals surface area contributed by atoms with Crippen LogP contribution in [0.4, 0.5) is 11.4 Å². The Kier molecular flexibility index (Phi) is 7.81. The number of benzene rings is 1. The van der Waals surface area contributed by atoms with Crippen LogP contribution in [0, 0.1) is 19.3 Å². The lowest BCUT2D eigenvalue weighted by atomic mass is 9.90. The van der Waals surface area contributed by atoms with Gasteiger partial charge >= 0.3 is 0 Å². The molecule has 1 aliphatic heterocycles. The monoisotopic (exact) mass is 569 g/mol. The van der Waals surface area contributed by atoms with Gasteiger partial charge in [-0.1, -0.05) is 12.1 Å². The molecule has 3 aromatic heterocycles. The third-order valence-corrected chi connectivity index (χ3v) is 8.47. The molecule has 220 valence electrons. The number of aryl methyl sites for hydroxylation is 2. The topological polar surface area (TPSA) is 91.9 Å². The Balaban J connectivity index is 1.50. The van der Waals surface area contributed by atoms with Crippen LogP contribution in [-0.4, -0.2) is 46.4 Å². The average Bonchev–Trinajstić information content (AvgIpc) is 3.35. The van der Waals surface area contributed by atoms with Gasteiger partial charge in [0.05, 0.1) is 16.8 Å². The molecule has 5 rings (SSSR count). The number of pyridine rings is 2. The fraction of sp³-hybridized carbons (Fsp3) is 0.394. The fourth-order valence-electron chi connectivity index (χ4n) is 5.94. The molecular weight excluding hydrogens is 530 g/mol. The highest BCUT2D eigenvalue weighted by molar-refractivity contribution is 6.19. The molecule has 42 heavy (non-hydrogen) atoms. The van der Waals surface area contributed by atoms with E-state index < -0.39 is 5.41 Å². The number of carbonyl (C=O) groups is 2. The molecule has 9 nitrogen and oxygen atoms in total. The van der Waals surface area contributed by atoms with Gasteiger partial charge in [-0.3, -0.25) is 24.3 Å². The smallest absolute Gasteiger partial charge is 0.261 e. The second kappa shape index (κ2) is 11.2. The van der Waals surface area contributed by atoms with E-state index >= 15 is 0 Å². The Morgan fingerprint density at radius 1 is 1.02 bits per heavy atom. The predicted molar refractivity (Wildman–Crippen MR) is 165 cm³/mol. The van der Waals surface area contributed by atoms with Crippen LogP contribution in [0.5, 0.6) is 0 Å². The van der Waals surface area contributed by atoms with Crippen molar-refractivity contribution in [3.8, 4) is 0 Å². The summed E-state index contributed by atoms with van der Waals surface area (Å²) in [5, 5.41) is 0.578. The lowest BCUT2D eigenvalue weighted by Gasteiger charge is -2.31. The van der Waals surface area contributed by atoms with Crippen LogP contribution in [0.1, 0.15) is 56.3 Å². The zero-order valence-corrected chi connectivity index (χ0v) is 25.5. The molecule has 0 radical (unpaired) electrons. The van der Waals surface area contributed by atoms with E-state index in [4.69, 9.17) is 4.42 Å². The van der Waals surface area contributed by atoms with Crippen LogP contribution in [0.15, 0.2) is 64.1 Å². The van der Waals surface area contributed by atoms with Crippen molar-refractivity contribution in [2.75, 3.05) is 29.9 Å². The van der Waals surface area contributed by atoms with Crippen LogP contribution in [-0.2, 0) is 22.7 Å². The number of carbonyl (C=O) groups excluding carboxylic acids is 2. The standard InChI is InChI=1S/C33H39N5O4/c1-8-38-27-12-11-24(19-28(27)35(7)31(40)33(5,6)32(38)41)20-37(23(4)25-10-9-14-34-22(25)3)17-16-36-15-13-29-26(30(36)39)18-21(2)42-29/h9-15,18-19,23H,8,16-17,20H2,1-7H3. The summed E-state index contributed by atoms with van der Waals surface area (Å²) in [7, 11) is 1.73. The number of anilines is 2. The van der Waals surface area contributed by atoms with Gasteiger partial charge in [0, 0.05) is 57.4 Å². The molecule has 1 atom stereocenters. The molecule has 0 N–H and O–H groups in total. The molecule has 4 aromatic rings. The van der Waals surface area contributed by atoms with Gasteiger partial charge in [-0.05, 0) is 83.0 Å². The van der Waals surface area contributed by atoms with E-state index in [2.05, 4.69) is 22.9 Å². The number of aromatic nitrogens is 2.